The average Bonchev–Trinajstić information content (AvgIpc) is 2.97. The molecule has 1 aromatic carbocycles. The molecule has 126 valence electrons. The fourth-order valence-corrected chi connectivity index (χ4v) is 2.33. The summed E-state index contributed by atoms with van der Waals surface area (Å²) in [5.41, 5.74) is 1.65. The van der Waals surface area contributed by atoms with E-state index in [9.17, 15) is 18.4 Å². The van der Waals surface area contributed by atoms with Gasteiger partial charge in [-0.2, -0.15) is 5.10 Å². The first kappa shape index (κ1) is 16.1. The summed E-state index contributed by atoms with van der Waals surface area (Å²) in [7, 11) is 0. The lowest BCUT2D eigenvalue weighted by molar-refractivity contribution is -0.136. The van der Waals surface area contributed by atoms with Crippen molar-refractivity contribution in [3.05, 3.63) is 42.1 Å². The topological polar surface area (TPSA) is 84.2 Å². The minimum absolute atomic E-state index is 0.0515. The van der Waals surface area contributed by atoms with Crippen LogP contribution in [-0.4, -0.2) is 39.2 Å². The zero-order valence-electron chi connectivity index (χ0n) is 12.6. The Morgan fingerprint density at radius 3 is 2.54 bits per heavy atom. The number of benzene rings is 1. The Labute approximate surface area is 136 Å². The van der Waals surface area contributed by atoms with Crippen LogP contribution in [0.3, 0.4) is 0 Å². The number of aromatic nitrogens is 2. The van der Waals surface area contributed by atoms with Crippen molar-refractivity contribution in [2.75, 3.05) is 6.54 Å². The molecule has 6 nitrogen and oxygen atoms in total. The second kappa shape index (κ2) is 6.03. The van der Waals surface area contributed by atoms with Gasteiger partial charge in [0, 0.05) is 30.3 Å². The predicted octanol–water partition coefficient (Wildman–Crippen LogP) is 2.33. The van der Waals surface area contributed by atoms with Gasteiger partial charge in [0.25, 0.3) is 11.8 Å². The van der Waals surface area contributed by atoms with Gasteiger partial charge in [-0.3, -0.25) is 14.3 Å². The van der Waals surface area contributed by atoms with Crippen LogP contribution in [0.15, 0.2) is 36.5 Å². The summed E-state index contributed by atoms with van der Waals surface area (Å²) < 4.78 is 27.4. The summed E-state index contributed by atoms with van der Waals surface area (Å²) in [6.07, 6.45) is 1.18. The monoisotopic (exact) mass is 335 g/mol. The Morgan fingerprint density at radius 1 is 1.29 bits per heavy atom. The second-order valence-corrected chi connectivity index (χ2v) is 5.64. The highest BCUT2D eigenvalue weighted by molar-refractivity contribution is 5.94. The Kier molecular flexibility index (Phi) is 4.04. The number of amides is 1. The molecule has 2 N–H and O–H groups in total. The number of alkyl halides is 2. The molecule has 1 atom stereocenters. The van der Waals surface area contributed by atoms with Gasteiger partial charge >= 0.3 is 5.97 Å². The normalized spacial score (nSPS) is 18.2. The minimum atomic E-state index is -2.68. The van der Waals surface area contributed by atoms with E-state index in [4.69, 9.17) is 5.11 Å². The number of carbonyl (C=O) groups is 2. The van der Waals surface area contributed by atoms with E-state index in [0.717, 1.165) is 0 Å². The third-order valence-corrected chi connectivity index (χ3v) is 3.79. The molecule has 0 saturated heterocycles. The van der Waals surface area contributed by atoms with E-state index in [0.29, 0.717) is 16.8 Å². The van der Waals surface area contributed by atoms with Crippen LogP contribution in [0.5, 0.6) is 0 Å². The lowest BCUT2D eigenvalue weighted by Gasteiger charge is -2.04. The Balaban J connectivity index is 1.64. The highest BCUT2D eigenvalue weighted by Crippen LogP contribution is 2.52. The van der Waals surface area contributed by atoms with Gasteiger partial charge in [-0.1, -0.05) is 12.1 Å². The molecule has 0 spiro atoms. The molecule has 2 aromatic rings. The van der Waals surface area contributed by atoms with E-state index in [-0.39, 0.29) is 25.3 Å². The number of hydrogen-bond acceptors (Lipinski definition) is 3. The van der Waals surface area contributed by atoms with Crippen molar-refractivity contribution < 1.29 is 23.5 Å². The largest absolute Gasteiger partial charge is 0.481 e. The molecule has 1 aromatic heterocycles. The maximum Gasteiger partial charge on any atom is 0.305 e. The van der Waals surface area contributed by atoms with Crippen molar-refractivity contribution in [2.24, 2.45) is 0 Å². The van der Waals surface area contributed by atoms with E-state index < -0.39 is 17.9 Å². The molecule has 0 radical (unpaired) electrons. The van der Waals surface area contributed by atoms with Crippen molar-refractivity contribution in [3.63, 3.8) is 0 Å². The lowest BCUT2D eigenvalue weighted by Crippen LogP contribution is -2.25. The summed E-state index contributed by atoms with van der Waals surface area (Å²) in [4.78, 5) is 22.2. The van der Waals surface area contributed by atoms with Crippen molar-refractivity contribution in [2.45, 2.75) is 24.8 Å². The van der Waals surface area contributed by atoms with Crippen LogP contribution in [0, 0.1) is 0 Å². The van der Waals surface area contributed by atoms with E-state index >= 15 is 0 Å². The second-order valence-electron chi connectivity index (χ2n) is 5.64. The summed E-state index contributed by atoms with van der Waals surface area (Å²) >= 11 is 0. The van der Waals surface area contributed by atoms with Crippen molar-refractivity contribution in [1.82, 2.24) is 15.1 Å². The third kappa shape index (κ3) is 3.42. The van der Waals surface area contributed by atoms with Crippen LogP contribution in [0.1, 0.15) is 29.2 Å². The van der Waals surface area contributed by atoms with E-state index in [1.165, 1.54) is 10.9 Å². The quantitative estimate of drug-likeness (QED) is 0.849. The number of carbonyl (C=O) groups excluding carboxylic acids is 1. The first-order valence-corrected chi connectivity index (χ1v) is 7.40. The summed E-state index contributed by atoms with van der Waals surface area (Å²) in [5.74, 6) is -4.03. The van der Waals surface area contributed by atoms with Gasteiger partial charge in [-0.15, -0.1) is 0 Å². The average molecular weight is 335 g/mol. The van der Waals surface area contributed by atoms with E-state index in [2.05, 4.69) is 10.4 Å². The Morgan fingerprint density at radius 2 is 1.96 bits per heavy atom. The summed E-state index contributed by atoms with van der Waals surface area (Å²) in [6, 6.07) is 7.28. The van der Waals surface area contributed by atoms with Gasteiger partial charge < -0.3 is 10.4 Å². The minimum Gasteiger partial charge on any atom is -0.481 e. The molecule has 1 aliphatic carbocycles. The molecule has 1 heterocycles. The first-order chi connectivity index (χ1) is 11.4. The molecule has 3 rings (SSSR count). The fraction of sp³-hybridized carbons (Fsp3) is 0.312. The number of carboxylic acid groups (broad SMARTS) is 1. The number of nitrogens with zero attached hydrogens (tertiary/aromatic N) is 2. The first-order valence-electron chi connectivity index (χ1n) is 7.40. The maximum atomic E-state index is 13.0. The fourth-order valence-electron chi connectivity index (χ4n) is 2.33. The molecule has 1 aliphatic rings. The highest BCUT2D eigenvalue weighted by Gasteiger charge is 2.59. The number of nitrogens with one attached hydrogen (secondary N) is 1. The van der Waals surface area contributed by atoms with Crippen LogP contribution in [-0.2, 0) is 4.79 Å². The zero-order chi connectivity index (χ0) is 17.3. The van der Waals surface area contributed by atoms with Crippen LogP contribution >= 0.6 is 0 Å². The molecule has 8 heteroatoms. The lowest BCUT2D eigenvalue weighted by atomic mass is 10.1. The summed E-state index contributed by atoms with van der Waals surface area (Å²) in [6.45, 7) is 0.0515. The third-order valence-electron chi connectivity index (χ3n) is 3.79. The van der Waals surface area contributed by atoms with Crippen LogP contribution in [0.2, 0.25) is 0 Å². The van der Waals surface area contributed by atoms with E-state index in [1.807, 2.05) is 0 Å². The van der Waals surface area contributed by atoms with Gasteiger partial charge in [-0.25, -0.2) is 8.78 Å². The number of rotatable bonds is 6. The molecule has 24 heavy (non-hydrogen) atoms. The van der Waals surface area contributed by atoms with Crippen molar-refractivity contribution >= 4 is 11.9 Å². The van der Waals surface area contributed by atoms with Crippen molar-refractivity contribution in [1.29, 1.82) is 0 Å². The number of hydrogen-bond donors (Lipinski definition) is 2. The maximum absolute atomic E-state index is 13.0. The molecule has 0 aliphatic heterocycles. The molecule has 1 unspecified atom stereocenters. The molecule has 0 bridgehead atoms. The van der Waals surface area contributed by atoms with Gasteiger partial charge in [0.1, 0.15) is 6.04 Å². The number of halogens is 2. The Hall–Kier alpha value is -2.77. The van der Waals surface area contributed by atoms with Crippen molar-refractivity contribution in [3.8, 4) is 11.3 Å². The zero-order valence-corrected chi connectivity index (χ0v) is 12.6. The van der Waals surface area contributed by atoms with Crippen LogP contribution in [0.25, 0.3) is 11.3 Å². The van der Waals surface area contributed by atoms with Gasteiger partial charge in [0.15, 0.2) is 0 Å². The Bertz CT molecular complexity index is 771. The molecular weight excluding hydrogens is 320 g/mol. The van der Waals surface area contributed by atoms with Gasteiger partial charge in [0.2, 0.25) is 0 Å². The van der Waals surface area contributed by atoms with Crippen LogP contribution in [0.4, 0.5) is 8.78 Å². The SMILES string of the molecule is O=C(O)CCNC(=O)c1ccc(-c2ccn(C3CC3(F)F)n2)cc1. The molecule has 1 fully saturated rings. The molecule has 1 amide bonds. The molecule has 1 saturated carbocycles. The van der Waals surface area contributed by atoms with Gasteiger partial charge in [0.05, 0.1) is 12.1 Å². The number of aliphatic carboxylic acids is 1. The van der Waals surface area contributed by atoms with Gasteiger partial charge in [-0.05, 0) is 18.2 Å². The summed E-state index contributed by atoms with van der Waals surface area (Å²) in [5, 5.41) is 15.2. The predicted molar refractivity (Wildman–Crippen MR) is 80.9 cm³/mol. The molecular formula is C16H15F2N3O3. The van der Waals surface area contributed by atoms with E-state index in [1.54, 1.807) is 30.3 Å². The number of carboxylic acids is 1. The highest BCUT2D eigenvalue weighted by atomic mass is 19.3. The van der Waals surface area contributed by atoms with Crippen LogP contribution < -0.4 is 5.32 Å². The standard InChI is InChI=1S/C16H15F2N3O3/c17-16(18)9-13(16)21-8-6-12(20-21)10-1-3-11(4-2-10)15(24)19-7-5-14(22)23/h1-4,6,8,13H,5,7,9H2,(H,19,24)(H,22,23). The smallest absolute Gasteiger partial charge is 0.305 e.